The van der Waals surface area contributed by atoms with Gasteiger partial charge in [-0.3, -0.25) is 38.4 Å². The molecule has 0 heterocycles. The van der Waals surface area contributed by atoms with Crippen molar-refractivity contribution in [3.63, 3.8) is 0 Å². The van der Waals surface area contributed by atoms with Crippen molar-refractivity contribution in [1.29, 1.82) is 0 Å². The van der Waals surface area contributed by atoms with Gasteiger partial charge < -0.3 is 38.6 Å². The van der Waals surface area contributed by atoms with Crippen LogP contribution in [-0.2, 0) is 66.8 Å². The molecule has 2 N–H and O–H groups in total. The van der Waals surface area contributed by atoms with E-state index < -0.39 is 73.5 Å². The molecule has 0 aliphatic heterocycles. The first-order valence-corrected chi connectivity index (χ1v) is 17.9. The SMILES string of the molecule is CCCCCCCCCCCCCCOC(=O)CCC(=O)OC(OC(=O)CCCOC(=O)CCC(=O)O)OC(=O)CCCOC(=O)CCC(=O)O. The number of carboxylic acid groups (broad SMARTS) is 2. The summed E-state index contributed by atoms with van der Waals surface area (Å²) in [5.41, 5.74) is 0. The maximum Gasteiger partial charge on any atom is 0.412 e. The summed E-state index contributed by atoms with van der Waals surface area (Å²) in [5.74, 6) is -7.52. The molecule has 0 aromatic rings. The van der Waals surface area contributed by atoms with E-state index in [9.17, 15) is 38.4 Å². The van der Waals surface area contributed by atoms with Crippen LogP contribution < -0.4 is 0 Å². The highest BCUT2D eigenvalue weighted by molar-refractivity contribution is 5.78. The Morgan fingerprint density at radius 3 is 1.04 bits per heavy atom. The highest BCUT2D eigenvalue weighted by Crippen LogP contribution is 2.13. The molecule has 0 bridgehead atoms. The van der Waals surface area contributed by atoms with Gasteiger partial charge >= 0.3 is 54.2 Å². The normalized spacial score (nSPS) is 10.6. The van der Waals surface area contributed by atoms with E-state index >= 15 is 0 Å². The molecule has 16 nitrogen and oxygen atoms in total. The molecule has 292 valence electrons. The Balaban J connectivity index is 4.55. The van der Waals surface area contributed by atoms with Crippen molar-refractivity contribution in [2.24, 2.45) is 0 Å². The second-order valence-corrected chi connectivity index (χ2v) is 11.8. The number of esters is 6. The Kier molecular flexibility index (Phi) is 29.1. The zero-order valence-corrected chi connectivity index (χ0v) is 29.9. The van der Waals surface area contributed by atoms with E-state index in [1.807, 2.05) is 0 Å². The Hall–Kier alpha value is -4.24. The zero-order chi connectivity index (χ0) is 38.1. The van der Waals surface area contributed by atoms with Crippen LogP contribution in [0.3, 0.4) is 0 Å². The number of rotatable bonds is 33. The van der Waals surface area contributed by atoms with Crippen molar-refractivity contribution in [3.05, 3.63) is 0 Å². The van der Waals surface area contributed by atoms with Gasteiger partial charge in [0.25, 0.3) is 0 Å². The van der Waals surface area contributed by atoms with Crippen LogP contribution in [0.2, 0.25) is 0 Å². The maximum atomic E-state index is 12.4. The summed E-state index contributed by atoms with van der Waals surface area (Å²) in [6.07, 6.45) is 10.9. The molecule has 0 saturated heterocycles. The van der Waals surface area contributed by atoms with Gasteiger partial charge in [-0.05, 0) is 19.3 Å². The van der Waals surface area contributed by atoms with E-state index in [1.165, 1.54) is 51.4 Å². The summed E-state index contributed by atoms with van der Waals surface area (Å²) in [6, 6.07) is 0. The molecule has 16 heteroatoms. The summed E-state index contributed by atoms with van der Waals surface area (Å²) in [5, 5.41) is 17.2. The van der Waals surface area contributed by atoms with Gasteiger partial charge in [0.1, 0.15) is 0 Å². The summed E-state index contributed by atoms with van der Waals surface area (Å²) in [7, 11) is 0. The highest BCUT2D eigenvalue weighted by atomic mass is 16.9. The molecule has 0 amide bonds. The molecule has 51 heavy (non-hydrogen) atoms. The Morgan fingerprint density at radius 1 is 0.373 bits per heavy atom. The van der Waals surface area contributed by atoms with Gasteiger partial charge in [-0.15, -0.1) is 0 Å². The first-order chi connectivity index (χ1) is 24.4. The molecule has 0 fully saturated rings. The lowest BCUT2D eigenvalue weighted by atomic mass is 10.1. The minimum absolute atomic E-state index is 0.0372. The van der Waals surface area contributed by atoms with Crippen molar-refractivity contribution >= 4 is 47.8 Å². The van der Waals surface area contributed by atoms with Crippen LogP contribution in [0.1, 0.15) is 148 Å². The number of carbonyl (C=O) groups is 8. The van der Waals surface area contributed by atoms with E-state index in [2.05, 4.69) is 6.92 Å². The summed E-state index contributed by atoms with van der Waals surface area (Å²) in [4.78, 5) is 93.1. The van der Waals surface area contributed by atoms with E-state index in [0.717, 1.165) is 19.3 Å². The average molecular weight is 733 g/mol. The van der Waals surface area contributed by atoms with Crippen LogP contribution in [-0.4, -0.2) is 84.3 Å². The number of unbranched alkanes of at least 4 members (excludes halogenated alkanes) is 11. The quantitative estimate of drug-likeness (QED) is 0.0377. The van der Waals surface area contributed by atoms with Crippen molar-refractivity contribution in [3.8, 4) is 0 Å². The van der Waals surface area contributed by atoms with Crippen LogP contribution in [0.25, 0.3) is 0 Å². The first kappa shape index (κ1) is 46.8. The second-order valence-electron chi connectivity index (χ2n) is 11.8. The van der Waals surface area contributed by atoms with Crippen LogP contribution in [0.15, 0.2) is 0 Å². The molecule has 0 aromatic heterocycles. The Morgan fingerprint density at radius 2 is 0.667 bits per heavy atom. The topological polar surface area (TPSA) is 232 Å². The standard InChI is InChI=1S/C35H56O16/c1-2-3-4-5-6-7-8-9-10-11-12-13-24-46-31(42)22-23-34(45)51-35(49-32(43)16-14-25-47-29(40)20-18-27(36)37)50-33(44)17-15-26-48-30(41)21-19-28(38)39/h35H,2-26H2,1H3,(H,36,37)(H,38,39). The fourth-order valence-corrected chi connectivity index (χ4v) is 4.34. The van der Waals surface area contributed by atoms with E-state index in [-0.39, 0.29) is 64.8 Å². The maximum absolute atomic E-state index is 12.4. The molecule has 0 aliphatic rings. The smallest absolute Gasteiger partial charge is 0.412 e. The van der Waals surface area contributed by atoms with Crippen molar-refractivity contribution in [2.45, 2.75) is 155 Å². The number of hydrogen-bond donors (Lipinski definition) is 2. The van der Waals surface area contributed by atoms with Crippen LogP contribution in [0, 0.1) is 0 Å². The molecule has 0 atom stereocenters. The molecular weight excluding hydrogens is 676 g/mol. The monoisotopic (exact) mass is 732 g/mol. The van der Waals surface area contributed by atoms with E-state index in [0.29, 0.717) is 6.42 Å². The number of hydrogen-bond acceptors (Lipinski definition) is 14. The Labute approximate surface area is 299 Å². The lowest BCUT2D eigenvalue weighted by Gasteiger charge is -2.18. The molecule has 0 spiro atoms. The van der Waals surface area contributed by atoms with Gasteiger partial charge in [0.15, 0.2) is 0 Å². The number of carbonyl (C=O) groups excluding carboxylic acids is 6. The molecule has 0 rings (SSSR count). The minimum Gasteiger partial charge on any atom is -0.481 e. The van der Waals surface area contributed by atoms with Crippen LogP contribution in [0.5, 0.6) is 0 Å². The zero-order valence-electron chi connectivity index (χ0n) is 29.9. The number of carboxylic acids is 2. The molecule has 0 unspecified atom stereocenters. The Bertz CT molecular complexity index is 1000. The fourth-order valence-electron chi connectivity index (χ4n) is 4.34. The van der Waals surface area contributed by atoms with Crippen molar-refractivity contribution in [1.82, 2.24) is 0 Å². The predicted octanol–water partition coefficient (Wildman–Crippen LogP) is 5.30. The third-order valence-electron chi connectivity index (χ3n) is 7.14. The van der Waals surface area contributed by atoms with Gasteiger partial charge in [-0.2, -0.15) is 0 Å². The fraction of sp³-hybridized carbons (Fsp3) is 0.771. The summed E-state index contributed by atoms with van der Waals surface area (Å²) >= 11 is 0. The van der Waals surface area contributed by atoms with Gasteiger partial charge in [-0.1, -0.05) is 77.6 Å². The van der Waals surface area contributed by atoms with Crippen LogP contribution >= 0.6 is 0 Å². The van der Waals surface area contributed by atoms with Gasteiger partial charge in [-0.25, -0.2) is 0 Å². The molecule has 0 aromatic carbocycles. The van der Waals surface area contributed by atoms with Gasteiger partial charge in [0.2, 0.25) is 0 Å². The third-order valence-corrected chi connectivity index (χ3v) is 7.14. The van der Waals surface area contributed by atoms with Gasteiger partial charge in [0.05, 0.1) is 58.3 Å². The lowest BCUT2D eigenvalue weighted by molar-refractivity contribution is -0.258. The minimum atomic E-state index is -2.11. The van der Waals surface area contributed by atoms with E-state index in [4.69, 9.17) is 38.6 Å². The molecular formula is C35H56O16. The van der Waals surface area contributed by atoms with Gasteiger partial charge in [0, 0.05) is 12.8 Å². The lowest BCUT2D eigenvalue weighted by Crippen LogP contribution is -2.30. The van der Waals surface area contributed by atoms with Crippen molar-refractivity contribution in [2.75, 3.05) is 19.8 Å². The molecule has 0 aliphatic carbocycles. The molecule has 0 saturated carbocycles. The summed E-state index contributed by atoms with van der Waals surface area (Å²) in [6.45, 7) is -0.147. The van der Waals surface area contributed by atoms with E-state index in [1.54, 1.807) is 0 Å². The number of aliphatic carboxylic acids is 2. The largest absolute Gasteiger partial charge is 0.481 e. The van der Waals surface area contributed by atoms with Crippen molar-refractivity contribution < 1.29 is 77.0 Å². The second kappa shape index (κ2) is 31.7. The van der Waals surface area contributed by atoms with Crippen LogP contribution in [0.4, 0.5) is 0 Å². The number of ether oxygens (including phenoxy) is 6. The first-order valence-electron chi connectivity index (χ1n) is 17.9. The molecule has 0 radical (unpaired) electrons. The predicted molar refractivity (Wildman–Crippen MR) is 177 cm³/mol. The summed E-state index contributed by atoms with van der Waals surface area (Å²) < 4.78 is 29.6. The highest BCUT2D eigenvalue weighted by Gasteiger charge is 2.24. The third kappa shape index (κ3) is 32.7. The average Bonchev–Trinajstić information content (AvgIpc) is 3.07.